The molecule has 82 valence electrons. The Labute approximate surface area is 89.9 Å². The summed E-state index contributed by atoms with van der Waals surface area (Å²) in [6.45, 7) is 5.87. The van der Waals surface area contributed by atoms with Crippen molar-refractivity contribution in [3.05, 3.63) is 36.3 Å². The van der Waals surface area contributed by atoms with Crippen molar-refractivity contribution in [1.29, 1.82) is 0 Å². The molecular weight excluding hydrogens is 191 g/mol. The molecule has 0 aromatic heterocycles. The van der Waals surface area contributed by atoms with E-state index in [4.69, 9.17) is 0 Å². The molecule has 0 saturated carbocycles. The number of halogens is 1. The quantitative estimate of drug-likeness (QED) is 0.724. The molecule has 1 aliphatic carbocycles. The molecule has 0 aromatic rings. The van der Waals surface area contributed by atoms with Crippen LogP contribution in [0.2, 0.25) is 0 Å². The zero-order valence-electron chi connectivity index (χ0n) is 8.80. The maximum absolute atomic E-state index is 13.0. The van der Waals surface area contributed by atoms with E-state index in [0.717, 1.165) is 25.2 Å². The number of rotatable bonds is 2. The third-order valence-electron chi connectivity index (χ3n) is 2.94. The monoisotopic (exact) mass is 208 g/mol. The average molecular weight is 208 g/mol. The van der Waals surface area contributed by atoms with Gasteiger partial charge in [-0.2, -0.15) is 0 Å². The Morgan fingerprint density at radius 1 is 1.47 bits per heavy atom. The molecule has 1 heterocycles. The summed E-state index contributed by atoms with van der Waals surface area (Å²) in [5.74, 6) is 0.279. The highest BCUT2D eigenvalue weighted by atomic mass is 19.1. The van der Waals surface area contributed by atoms with Crippen molar-refractivity contribution in [3.63, 3.8) is 0 Å². The maximum atomic E-state index is 13.0. The van der Waals surface area contributed by atoms with Gasteiger partial charge in [-0.3, -0.25) is 0 Å². The van der Waals surface area contributed by atoms with Crippen LogP contribution in [-0.2, 0) is 0 Å². The lowest BCUT2D eigenvalue weighted by Crippen LogP contribution is -2.46. The predicted molar refractivity (Wildman–Crippen MR) is 60.0 cm³/mol. The second-order valence-corrected chi connectivity index (χ2v) is 4.16. The smallest absolute Gasteiger partial charge is 0.100 e. The van der Waals surface area contributed by atoms with Gasteiger partial charge in [-0.25, -0.2) is 4.39 Å². The van der Waals surface area contributed by atoms with Crippen LogP contribution in [0, 0.1) is 5.92 Å². The third kappa shape index (κ3) is 2.69. The topological polar surface area (TPSA) is 24.1 Å². The normalized spacial score (nSPS) is 31.0. The van der Waals surface area contributed by atoms with Crippen molar-refractivity contribution in [2.75, 3.05) is 13.1 Å². The first kappa shape index (κ1) is 10.4. The molecule has 0 amide bonds. The van der Waals surface area contributed by atoms with E-state index in [1.807, 2.05) is 6.08 Å². The van der Waals surface area contributed by atoms with Crippen LogP contribution in [0.25, 0.3) is 0 Å². The maximum Gasteiger partial charge on any atom is 0.100 e. The molecule has 3 heteroatoms. The molecule has 0 bridgehead atoms. The van der Waals surface area contributed by atoms with Gasteiger partial charge < -0.3 is 10.6 Å². The lowest BCUT2D eigenvalue weighted by Gasteiger charge is -2.30. The second kappa shape index (κ2) is 4.62. The standard InChI is InChI=1S/C12H17FN2/c1-9-12(15-6-5-14-9)8-10-3-2-4-11(13)7-10/h2-4,10,12,14-15H,1,5-8H2. The van der Waals surface area contributed by atoms with Crippen LogP contribution < -0.4 is 10.6 Å². The Hall–Kier alpha value is -1.09. The lowest BCUT2D eigenvalue weighted by molar-refractivity contribution is 0.396. The Morgan fingerprint density at radius 2 is 2.33 bits per heavy atom. The van der Waals surface area contributed by atoms with Gasteiger partial charge in [-0.1, -0.05) is 18.7 Å². The molecule has 2 rings (SSSR count). The van der Waals surface area contributed by atoms with Crippen LogP contribution >= 0.6 is 0 Å². The first-order valence-electron chi connectivity index (χ1n) is 5.44. The summed E-state index contributed by atoms with van der Waals surface area (Å²) in [5.41, 5.74) is 1.03. The molecule has 15 heavy (non-hydrogen) atoms. The summed E-state index contributed by atoms with van der Waals surface area (Å²) >= 11 is 0. The summed E-state index contributed by atoms with van der Waals surface area (Å²) in [5, 5.41) is 6.64. The van der Waals surface area contributed by atoms with Gasteiger partial charge in [0.25, 0.3) is 0 Å². The van der Waals surface area contributed by atoms with Crippen LogP contribution in [0.4, 0.5) is 4.39 Å². The lowest BCUT2D eigenvalue weighted by atomic mass is 9.91. The van der Waals surface area contributed by atoms with Gasteiger partial charge in [0.15, 0.2) is 0 Å². The van der Waals surface area contributed by atoms with E-state index in [9.17, 15) is 4.39 Å². The molecule has 1 saturated heterocycles. The number of hydrogen-bond donors (Lipinski definition) is 2. The van der Waals surface area contributed by atoms with E-state index in [1.54, 1.807) is 0 Å². The van der Waals surface area contributed by atoms with E-state index in [1.165, 1.54) is 6.08 Å². The van der Waals surface area contributed by atoms with Gasteiger partial charge in [0.1, 0.15) is 5.83 Å². The number of allylic oxidation sites excluding steroid dienone is 4. The first-order chi connectivity index (χ1) is 7.25. The summed E-state index contributed by atoms with van der Waals surface area (Å²) in [6, 6.07) is 0.277. The molecule has 0 spiro atoms. The van der Waals surface area contributed by atoms with E-state index in [2.05, 4.69) is 23.3 Å². The summed E-state index contributed by atoms with van der Waals surface area (Å²) < 4.78 is 13.0. The molecule has 2 N–H and O–H groups in total. The van der Waals surface area contributed by atoms with E-state index in [0.29, 0.717) is 12.3 Å². The van der Waals surface area contributed by atoms with Crippen LogP contribution in [0.5, 0.6) is 0 Å². The Kier molecular flexibility index (Phi) is 3.21. The van der Waals surface area contributed by atoms with Gasteiger partial charge in [0.2, 0.25) is 0 Å². The molecule has 2 unspecified atom stereocenters. The highest BCUT2D eigenvalue weighted by molar-refractivity contribution is 5.17. The third-order valence-corrected chi connectivity index (χ3v) is 2.94. The molecule has 2 nitrogen and oxygen atoms in total. The van der Waals surface area contributed by atoms with Crippen LogP contribution in [0.3, 0.4) is 0 Å². The van der Waals surface area contributed by atoms with E-state index < -0.39 is 0 Å². The second-order valence-electron chi connectivity index (χ2n) is 4.16. The predicted octanol–water partition coefficient (Wildman–Crippen LogP) is 1.88. The zero-order chi connectivity index (χ0) is 10.7. The SMILES string of the molecule is C=C1NCCNC1CC1C=CC=C(F)C1. The molecule has 0 radical (unpaired) electrons. The van der Waals surface area contributed by atoms with Crippen molar-refractivity contribution in [2.45, 2.75) is 18.9 Å². The minimum atomic E-state index is -0.0168. The van der Waals surface area contributed by atoms with Gasteiger partial charge in [-0.15, -0.1) is 0 Å². The highest BCUT2D eigenvalue weighted by Crippen LogP contribution is 2.25. The van der Waals surface area contributed by atoms with E-state index >= 15 is 0 Å². The minimum Gasteiger partial charge on any atom is -0.386 e. The molecule has 2 aliphatic rings. The van der Waals surface area contributed by atoms with E-state index in [-0.39, 0.29) is 11.9 Å². The fraction of sp³-hybridized carbons (Fsp3) is 0.500. The average Bonchev–Trinajstić information content (AvgIpc) is 2.22. The molecule has 2 atom stereocenters. The number of piperazine rings is 1. The Bertz CT molecular complexity index is 307. The molecule has 0 aromatic carbocycles. The van der Waals surface area contributed by atoms with Gasteiger partial charge in [-0.05, 0) is 18.4 Å². The van der Waals surface area contributed by atoms with Crippen molar-refractivity contribution < 1.29 is 4.39 Å². The molecule has 1 fully saturated rings. The van der Waals surface area contributed by atoms with Crippen molar-refractivity contribution >= 4 is 0 Å². The molecular formula is C12H17FN2. The fourth-order valence-corrected chi connectivity index (χ4v) is 2.11. The summed E-state index contributed by atoms with van der Waals surface area (Å²) in [7, 11) is 0. The minimum absolute atomic E-state index is 0.0168. The summed E-state index contributed by atoms with van der Waals surface area (Å²) in [6.07, 6.45) is 6.87. The molecule has 1 aliphatic heterocycles. The fourth-order valence-electron chi connectivity index (χ4n) is 2.11. The van der Waals surface area contributed by atoms with Crippen LogP contribution in [-0.4, -0.2) is 19.1 Å². The van der Waals surface area contributed by atoms with Crippen LogP contribution in [0.1, 0.15) is 12.8 Å². The van der Waals surface area contributed by atoms with Crippen molar-refractivity contribution in [1.82, 2.24) is 10.6 Å². The highest BCUT2D eigenvalue weighted by Gasteiger charge is 2.21. The Morgan fingerprint density at radius 3 is 3.07 bits per heavy atom. The summed E-state index contributed by atoms with van der Waals surface area (Å²) in [4.78, 5) is 0. The van der Waals surface area contributed by atoms with Crippen molar-refractivity contribution in [2.24, 2.45) is 5.92 Å². The Balaban J connectivity index is 1.89. The van der Waals surface area contributed by atoms with Gasteiger partial charge in [0, 0.05) is 31.2 Å². The zero-order valence-corrected chi connectivity index (χ0v) is 8.80. The van der Waals surface area contributed by atoms with Crippen LogP contribution in [0.15, 0.2) is 36.3 Å². The van der Waals surface area contributed by atoms with Gasteiger partial charge >= 0.3 is 0 Å². The largest absolute Gasteiger partial charge is 0.386 e. The number of nitrogens with one attached hydrogen (secondary N) is 2. The van der Waals surface area contributed by atoms with Crippen molar-refractivity contribution in [3.8, 4) is 0 Å². The van der Waals surface area contributed by atoms with Gasteiger partial charge in [0.05, 0.1) is 0 Å². The number of hydrogen-bond acceptors (Lipinski definition) is 2. The first-order valence-corrected chi connectivity index (χ1v) is 5.44.